The fourth-order valence-electron chi connectivity index (χ4n) is 5.56. The Labute approximate surface area is 240 Å². The third-order valence-corrected chi connectivity index (χ3v) is 8.94. The lowest BCUT2D eigenvalue weighted by Crippen LogP contribution is -2.43. The SMILES string of the molecule is Cc1ccsc1-c1cc2cnc(Nc3ccc(N4CCNCC4)c(F)c3)nc2n(Cc2ccncc2C2CC2)c1=O. The molecule has 0 spiro atoms. The number of halogens is 1. The molecule has 4 aromatic heterocycles. The van der Waals surface area contributed by atoms with Crippen molar-refractivity contribution in [3.05, 3.63) is 93.2 Å². The quantitative estimate of drug-likeness (QED) is 0.271. The molecule has 5 heterocycles. The number of hydrogen-bond donors (Lipinski definition) is 2. The van der Waals surface area contributed by atoms with Gasteiger partial charge in [-0.05, 0) is 84.2 Å². The van der Waals surface area contributed by atoms with E-state index < -0.39 is 0 Å². The Morgan fingerprint density at radius 2 is 1.98 bits per heavy atom. The highest BCUT2D eigenvalue weighted by Gasteiger charge is 2.27. The number of aryl methyl sites for hydroxylation is 1. The zero-order valence-electron chi connectivity index (χ0n) is 22.7. The number of benzene rings is 1. The topological polar surface area (TPSA) is 88.0 Å². The fourth-order valence-corrected chi connectivity index (χ4v) is 6.50. The molecule has 5 aromatic rings. The molecule has 41 heavy (non-hydrogen) atoms. The first kappa shape index (κ1) is 25.8. The predicted octanol–water partition coefficient (Wildman–Crippen LogP) is 5.44. The number of nitrogens with zero attached hydrogens (tertiary/aromatic N) is 5. The van der Waals surface area contributed by atoms with E-state index in [0.29, 0.717) is 41.0 Å². The smallest absolute Gasteiger partial charge is 0.261 e. The minimum atomic E-state index is -0.296. The summed E-state index contributed by atoms with van der Waals surface area (Å²) in [5, 5.41) is 9.21. The summed E-state index contributed by atoms with van der Waals surface area (Å²) in [4.78, 5) is 30.7. The molecule has 0 unspecified atom stereocenters. The maximum absolute atomic E-state index is 15.1. The average molecular weight is 568 g/mol. The first-order chi connectivity index (χ1) is 20.0. The van der Waals surface area contributed by atoms with E-state index in [4.69, 9.17) is 4.98 Å². The van der Waals surface area contributed by atoms with Crippen LogP contribution in [-0.2, 0) is 6.54 Å². The number of anilines is 3. The van der Waals surface area contributed by atoms with Crippen LogP contribution in [0.2, 0.25) is 0 Å². The molecule has 2 N–H and O–H groups in total. The molecule has 2 aliphatic rings. The first-order valence-corrected chi connectivity index (χ1v) is 14.8. The van der Waals surface area contributed by atoms with Crippen molar-refractivity contribution in [1.29, 1.82) is 0 Å². The van der Waals surface area contributed by atoms with E-state index in [2.05, 4.69) is 20.6 Å². The van der Waals surface area contributed by atoms with Crippen molar-refractivity contribution in [2.45, 2.75) is 32.2 Å². The van der Waals surface area contributed by atoms with Gasteiger partial charge in [0.2, 0.25) is 5.95 Å². The monoisotopic (exact) mass is 567 g/mol. The van der Waals surface area contributed by atoms with Crippen molar-refractivity contribution in [2.75, 3.05) is 36.4 Å². The minimum Gasteiger partial charge on any atom is -0.367 e. The number of hydrogen-bond acceptors (Lipinski definition) is 8. The highest BCUT2D eigenvalue weighted by molar-refractivity contribution is 7.13. The van der Waals surface area contributed by atoms with Gasteiger partial charge in [-0.15, -0.1) is 11.3 Å². The number of nitrogens with one attached hydrogen (secondary N) is 2. The van der Waals surface area contributed by atoms with Crippen LogP contribution >= 0.6 is 11.3 Å². The molecule has 0 radical (unpaired) electrons. The van der Waals surface area contributed by atoms with Crippen LogP contribution in [0.1, 0.15) is 35.4 Å². The highest BCUT2D eigenvalue weighted by Crippen LogP contribution is 2.41. The Bertz CT molecular complexity index is 1810. The Morgan fingerprint density at radius 3 is 2.73 bits per heavy atom. The maximum Gasteiger partial charge on any atom is 0.261 e. The van der Waals surface area contributed by atoms with Gasteiger partial charge in [0.15, 0.2) is 0 Å². The summed E-state index contributed by atoms with van der Waals surface area (Å²) in [6.07, 6.45) is 7.72. The molecule has 1 saturated carbocycles. The molecule has 1 aromatic carbocycles. The second-order valence-electron chi connectivity index (χ2n) is 10.7. The molecule has 0 bridgehead atoms. The lowest BCUT2D eigenvalue weighted by Gasteiger charge is -2.29. The van der Waals surface area contributed by atoms with E-state index in [1.807, 2.05) is 47.7 Å². The number of fused-ring (bicyclic) bond motifs is 1. The second kappa shape index (κ2) is 10.7. The third-order valence-electron chi connectivity index (χ3n) is 7.89. The molecular formula is C31H30FN7OS. The fraction of sp³-hybridized carbons (Fsp3) is 0.290. The van der Waals surface area contributed by atoms with Gasteiger partial charge < -0.3 is 15.5 Å². The molecule has 2 fully saturated rings. The van der Waals surface area contributed by atoms with Crippen LogP contribution in [0, 0.1) is 12.7 Å². The maximum atomic E-state index is 15.1. The zero-order valence-corrected chi connectivity index (χ0v) is 23.5. The summed E-state index contributed by atoms with van der Waals surface area (Å²) < 4.78 is 16.8. The van der Waals surface area contributed by atoms with Crippen LogP contribution < -0.4 is 21.1 Å². The van der Waals surface area contributed by atoms with Gasteiger partial charge in [0.25, 0.3) is 5.56 Å². The Morgan fingerprint density at radius 1 is 1.12 bits per heavy atom. The van der Waals surface area contributed by atoms with Gasteiger partial charge in [0, 0.05) is 60.7 Å². The van der Waals surface area contributed by atoms with Crippen molar-refractivity contribution in [1.82, 2.24) is 24.8 Å². The van der Waals surface area contributed by atoms with Crippen LogP contribution in [0.25, 0.3) is 21.5 Å². The lowest BCUT2D eigenvalue weighted by molar-refractivity contribution is 0.566. The largest absolute Gasteiger partial charge is 0.367 e. The number of thiophene rings is 1. The van der Waals surface area contributed by atoms with Crippen LogP contribution in [0.4, 0.5) is 21.7 Å². The van der Waals surface area contributed by atoms with Crippen LogP contribution in [0.15, 0.2) is 65.2 Å². The molecule has 1 aliphatic heterocycles. The Balaban J connectivity index is 1.29. The van der Waals surface area contributed by atoms with E-state index in [-0.39, 0.29) is 11.4 Å². The zero-order chi connectivity index (χ0) is 27.9. The van der Waals surface area contributed by atoms with Gasteiger partial charge in [0.05, 0.1) is 17.8 Å². The van der Waals surface area contributed by atoms with Crippen molar-refractivity contribution >= 4 is 39.7 Å². The van der Waals surface area contributed by atoms with Crippen LogP contribution in [-0.4, -0.2) is 45.7 Å². The molecule has 0 atom stereocenters. The third kappa shape index (κ3) is 5.09. The van der Waals surface area contributed by atoms with Gasteiger partial charge in [-0.25, -0.2) is 9.37 Å². The summed E-state index contributed by atoms with van der Waals surface area (Å²) in [6, 6.07) is 11.0. The number of rotatable bonds is 7. The molecule has 7 rings (SSSR count). The van der Waals surface area contributed by atoms with Gasteiger partial charge in [0.1, 0.15) is 11.5 Å². The van der Waals surface area contributed by atoms with Crippen LogP contribution in [0.3, 0.4) is 0 Å². The van der Waals surface area contributed by atoms with E-state index in [1.54, 1.807) is 34.4 Å². The Hall–Kier alpha value is -4.15. The summed E-state index contributed by atoms with van der Waals surface area (Å²) >= 11 is 1.56. The first-order valence-electron chi connectivity index (χ1n) is 14.0. The van der Waals surface area contributed by atoms with Crippen molar-refractivity contribution in [3.8, 4) is 10.4 Å². The van der Waals surface area contributed by atoms with Gasteiger partial charge in [-0.3, -0.25) is 14.3 Å². The van der Waals surface area contributed by atoms with Crippen molar-refractivity contribution in [2.24, 2.45) is 0 Å². The number of pyridine rings is 2. The van der Waals surface area contributed by atoms with E-state index >= 15 is 4.39 Å². The minimum absolute atomic E-state index is 0.0994. The molecule has 1 saturated heterocycles. The second-order valence-corrected chi connectivity index (χ2v) is 11.6. The van der Waals surface area contributed by atoms with Crippen molar-refractivity contribution in [3.63, 3.8) is 0 Å². The summed E-state index contributed by atoms with van der Waals surface area (Å²) in [5.74, 6) is 0.502. The molecule has 1 aliphatic carbocycles. The predicted molar refractivity (Wildman–Crippen MR) is 162 cm³/mol. The highest BCUT2D eigenvalue weighted by atomic mass is 32.1. The van der Waals surface area contributed by atoms with Gasteiger partial charge in [-0.2, -0.15) is 4.98 Å². The standard InChI is InChI=1S/C31H30FN7OS/c1-19-7-13-41-28(19)24-14-22-16-35-31(36-23-4-5-27(26(32)15-23)38-11-9-33-10-12-38)37-29(22)39(30(24)40)18-21-6-8-34-17-25(21)20-2-3-20/h4-8,13-17,20,33H,2-3,9-12,18H2,1H3,(H,35,36,37). The number of piperazine rings is 1. The average Bonchev–Trinajstić information content (AvgIpc) is 3.75. The van der Waals surface area contributed by atoms with E-state index in [9.17, 15) is 4.79 Å². The lowest BCUT2D eigenvalue weighted by atomic mass is 10.1. The van der Waals surface area contributed by atoms with Crippen molar-refractivity contribution < 1.29 is 4.39 Å². The Kier molecular flexibility index (Phi) is 6.72. The molecule has 8 nitrogen and oxygen atoms in total. The van der Waals surface area contributed by atoms with E-state index in [0.717, 1.165) is 60.4 Å². The van der Waals surface area contributed by atoms with E-state index in [1.165, 1.54) is 11.6 Å². The number of aromatic nitrogens is 4. The molecular weight excluding hydrogens is 537 g/mol. The van der Waals surface area contributed by atoms with Gasteiger partial charge in [-0.1, -0.05) is 0 Å². The molecule has 10 heteroatoms. The normalized spacial score (nSPS) is 15.4. The summed E-state index contributed by atoms with van der Waals surface area (Å²) in [7, 11) is 0. The van der Waals surface area contributed by atoms with Gasteiger partial charge >= 0.3 is 0 Å². The molecule has 208 valence electrons. The molecule has 0 amide bonds. The summed E-state index contributed by atoms with van der Waals surface area (Å²) in [5.41, 5.74) is 5.53. The van der Waals surface area contributed by atoms with Crippen LogP contribution in [0.5, 0.6) is 0 Å². The summed E-state index contributed by atoms with van der Waals surface area (Å²) in [6.45, 7) is 5.60.